The molecular weight excluding hydrogens is 284 g/mol. The third kappa shape index (κ3) is 6.21. The van der Waals surface area contributed by atoms with E-state index in [9.17, 15) is 9.59 Å². The standard InChI is InChI=1S/C16H24N2O2S/c1-16(2,3)21-11-14(19)18(5)10-12-6-8-13(9-7-12)15(20)17-4/h6-9H,10-11H2,1-5H3,(H,17,20). The van der Waals surface area contributed by atoms with Crippen LogP contribution in [0.4, 0.5) is 0 Å². The summed E-state index contributed by atoms with van der Waals surface area (Å²) < 4.78 is 0.0890. The van der Waals surface area contributed by atoms with Crippen LogP contribution in [0.2, 0.25) is 0 Å². The molecule has 0 aliphatic carbocycles. The van der Waals surface area contributed by atoms with Gasteiger partial charge in [-0.3, -0.25) is 9.59 Å². The zero-order valence-electron chi connectivity index (χ0n) is 13.4. The number of hydrogen-bond donors (Lipinski definition) is 1. The molecule has 1 aromatic carbocycles. The monoisotopic (exact) mass is 308 g/mol. The minimum Gasteiger partial charge on any atom is -0.355 e. The normalized spacial score (nSPS) is 11.1. The number of nitrogens with one attached hydrogen (secondary N) is 1. The number of rotatable bonds is 5. The number of benzene rings is 1. The van der Waals surface area contributed by atoms with E-state index in [1.807, 2.05) is 12.1 Å². The lowest BCUT2D eigenvalue weighted by Gasteiger charge is -2.21. The topological polar surface area (TPSA) is 49.4 Å². The summed E-state index contributed by atoms with van der Waals surface area (Å²) in [5, 5.41) is 2.58. The highest BCUT2D eigenvalue weighted by Gasteiger charge is 2.16. The number of carbonyl (C=O) groups excluding carboxylic acids is 2. The largest absolute Gasteiger partial charge is 0.355 e. The highest BCUT2D eigenvalue weighted by atomic mass is 32.2. The molecular formula is C16H24N2O2S. The van der Waals surface area contributed by atoms with E-state index < -0.39 is 0 Å². The summed E-state index contributed by atoms with van der Waals surface area (Å²) in [6.07, 6.45) is 0. The Morgan fingerprint density at radius 2 is 1.76 bits per heavy atom. The van der Waals surface area contributed by atoms with Crippen LogP contribution in [0.3, 0.4) is 0 Å². The van der Waals surface area contributed by atoms with Crippen LogP contribution in [0, 0.1) is 0 Å². The van der Waals surface area contributed by atoms with Crippen LogP contribution in [-0.2, 0) is 11.3 Å². The first-order valence-corrected chi connectivity index (χ1v) is 7.90. The van der Waals surface area contributed by atoms with Gasteiger partial charge in [-0.15, -0.1) is 11.8 Å². The summed E-state index contributed by atoms with van der Waals surface area (Å²) in [6, 6.07) is 7.31. The van der Waals surface area contributed by atoms with Gasteiger partial charge in [0, 0.05) is 31.0 Å². The van der Waals surface area contributed by atoms with E-state index in [-0.39, 0.29) is 16.6 Å². The zero-order valence-corrected chi connectivity index (χ0v) is 14.2. The van der Waals surface area contributed by atoms with Crippen molar-refractivity contribution >= 4 is 23.6 Å². The first kappa shape index (κ1) is 17.6. The molecule has 0 atom stereocenters. The van der Waals surface area contributed by atoms with Crippen LogP contribution >= 0.6 is 11.8 Å². The second-order valence-corrected chi connectivity index (χ2v) is 7.73. The molecule has 116 valence electrons. The minimum absolute atomic E-state index is 0.0890. The predicted molar refractivity (Wildman–Crippen MR) is 88.5 cm³/mol. The number of thioether (sulfide) groups is 1. The SMILES string of the molecule is CNC(=O)c1ccc(CN(C)C(=O)CSC(C)(C)C)cc1. The maximum absolute atomic E-state index is 12.1. The Bertz CT molecular complexity index is 492. The van der Waals surface area contributed by atoms with Gasteiger partial charge in [0.15, 0.2) is 0 Å². The Labute approximate surface area is 131 Å². The van der Waals surface area contributed by atoms with E-state index in [1.54, 1.807) is 42.9 Å². The van der Waals surface area contributed by atoms with Gasteiger partial charge in [-0.25, -0.2) is 0 Å². The van der Waals surface area contributed by atoms with Crippen LogP contribution in [0.5, 0.6) is 0 Å². The van der Waals surface area contributed by atoms with E-state index in [2.05, 4.69) is 26.1 Å². The summed E-state index contributed by atoms with van der Waals surface area (Å²) in [5.74, 6) is 0.494. The fourth-order valence-corrected chi connectivity index (χ4v) is 2.43. The fraction of sp³-hybridized carbons (Fsp3) is 0.500. The third-order valence-electron chi connectivity index (χ3n) is 2.92. The van der Waals surface area contributed by atoms with Crippen molar-refractivity contribution in [3.8, 4) is 0 Å². The third-order valence-corrected chi connectivity index (χ3v) is 4.17. The number of hydrogen-bond acceptors (Lipinski definition) is 3. The first-order valence-electron chi connectivity index (χ1n) is 6.92. The van der Waals surface area contributed by atoms with Crippen molar-refractivity contribution in [1.29, 1.82) is 0 Å². The minimum atomic E-state index is -0.104. The van der Waals surface area contributed by atoms with Crippen LogP contribution in [0.1, 0.15) is 36.7 Å². The molecule has 0 bridgehead atoms. The molecule has 0 spiro atoms. The number of nitrogens with zero attached hydrogens (tertiary/aromatic N) is 1. The average molecular weight is 308 g/mol. The number of carbonyl (C=O) groups is 2. The Kier molecular flexibility index (Phi) is 6.27. The molecule has 0 saturated heterocycles. The highest BCUT2D eigenvalue weighted by molar-refractivity contribution is 8.01. The average Bonchev–Trinajstić information content (AvgIpc) is 2.43. The van der Waals surface area contributed by atoms with Crippen LogP contribution in [0.15, 0.2) is 24.3 Å². The Morgan fingerprint density at radius 1 is 1.19 bits per heavy atom. The molecule has 0 radical (unpaired) electrons. The van der Waals surface area contributed by atoms with Gasteiger partial charge in [0.2, 0.25) is 5.91 Å². The van der Waals surface area contributed by atoms with Crippen LogP contribution in [-0.4, -0.2) is 41.3 Å². The summed E-state index contributed by atoms with van der Waals surface area (Å²) >= 11 is 1.65. The van der Waals surface area contributed by atoms with Gasteiger partial charge in [0.1, 0.15) is 0 Å². The summed E-state index contributed by atoms with van der Waals surface area (Å²) in [4.78, 5) is 25.2. The first-order chi connectivity index (χ1) is 9.73. The molecule has 0 unspecified atom stereocenters. The molecule has 0 heterocycles. The van der Waals surface area contributed by atoms with Gasteiger partial charge in [0.05, 0.1) is 5.75 Å². The quantitative estimate of drug-likeness (QED) is 0.909. The molecule has 0 aliphatic heterocycles. The Morgan fingerprint density at radius 3 is 2.24 bits per heavy atom. The van der Waals surface area contributed by atoms with Gasteiger partial charge in [0.25, 0.3) is 5.91 Å². The van der Waals surface area contributed by atoms with E-state index in [4.69, 9.17) is 0 Å². The van der Waals surface area contributed by atoms with Gasteiger partial charge in [-0.1, -0.05) is 32.9 Å². The van der Waals surface area contributed by atoms with Crippen molar-refractivity contribution in [1.82, 2.24) is 10.2 Å². The lowest BCUT2D eigenvalue weighted by atomic mass is 10.1. The van der Waals surface area contributed by atoms with Gasteiger partial charge < -0.3 is 10.2 Å². The maximum Gasteiger partial charge on any atom is 0.251 e. The van der Waals surface area contributed by atoms with Crippen molar-refractivity contribution in [2.24, 2.45) is 0 Å². The van der Waals surface area contributed by atoms with E-state index in [0.717, 1.165) is 5.56 Å². The van der Waals surface area contributed by atoms with Crippen molar-refractivity contribution in [3.63, 3.8) is 0 Å². The van der Waals surface area contributed by atoms with Crippen molar-refractivity contribution in [2.45, 2.75) is 32.1 Å². The molecule has 0 saturated carbocycles. The van der Waals surface area contributed by atoms with Crippen LogP contribution in [0.25, 0.3) is 0 Å². The molecule has 0 aromatic heterocycles. The highest BCUT2D eigenvalue weighted by Crippen LogP contribution is 2.23. The van der Waals surface area contributed by atoms with Gasteiger partial charge >= 0.3 is 0 Å². The van der Waals surface area contributed by atoms with E-state index in [0.29, 0.717) is 17.9 Å². The lowest BCUT2D eigenvalue weighted by molar-refractivity contribution is -0.127. The molecule has 0 fully saturated rings. The summed E-state index contributed by atoms with van der Waals surface area (Å²) in [5.41, 5.74) is 1.64. The molecule has 0 aliphatic rings. The Balaban J connectivity index is 2.56. The van der Waals surface area contributed by atoms with E-state index in [1.165, 1.54) is 0 Å². The molecule has 1 rings (SSSR count). The predicted octanol–water partition coefficient (Wildman–Crippen LogP) is 2.54. The van der Waals surface area contributed by atoms with Crippen LogP contribution < -0.4 is 5.32 Å². The molecule has 2 amide bonds. The van der Waals surface area contributed by atoms with Crippen molar-refractivity contribution < 1.29 is 9.59 Å². The second kappa shape index (κ2) is 7.50. The van der Waals surface area contributed by atoms with Gasteiger partial charge in [-0.05, 0) is 17.7 Å². The lowest BCUT2D eigenvalue weighted by Crippen LogP contribution is -2.29. The maximum atomic E-state index is 12.1. The molecule has 1 aromatic rings. The van der Waals surface area contributed by atoms with Crippen molar-refractivity contribution in [3.05, 3.63) is 35.4 Å². The fourth-order valence-electron chi connectivity index (χ4n) is 1.66. The van der Waals surface area contributed by atoms with E-state index >= 15 is 0 Å². The molecule has 1 N–H and O–H groups in total. The molecule has 4 nitrogen and oxygen atoms in total. The van der Waals surface area contributed by atoms with Crippen molar-refractivity contribution in [2.75, 3.05) is 19.8 Å². The summed E-state index contributed by atoms with van der Waals surface area (Å²) in [6.45, 7) is 6.85. The summed E-state index contributed by atoms with van der Waals surface area (Å²) in [7, 11) is 3.41. The number of amides is 2. The van der Waals surface area contributed by atoms with Gasteiger partial charge in [-0.2, -0.15) is 0 Å². The smallest absolute Gasteiger partial charge is 0.251 e. The molecule has 21 heavy (non-hydrogen) atoms. The molecule has 5 heteroatoms. The zero-order chi connectivity index (χ0) is 16.0. The second-order valence-electron chi connectivity index (χ2n) is 5.93. The Hall–Kier alpha value is -1.49.